The van der Waals surface area contributed by atoms with Crippen LogP contribution in [0.3, 0.4) is 0 Å². The Balaban J connectivity index is 2.40. The number of carboxylic acid groups (broad SMARTS) is 1. The first-order chi connectivity index (χ1) is 11.7. The minimum absolute atomic E-state index is 0.287. The molecule has 142 valence electrons. The fraction of sp³-hybridized carbons (Fsp3) is 0.800. The van der Waals surface area contributed by atoms with E-state index in [1.807, 2.05) is 0 Å². The lowest BCUT2D eigenvalue weighted by atomic mass is 10.2. The van der Waals surface area contributed by atoms with E-state index in [0.717, 1.165) is 25.2 Å². The Kier molecular flexibility index (Phi) is 8.67. The maximum absolute atomic E-state index is 11.7. The monoisotopic (exact) mass is 373 g/mol. The number of alkyl carbamates (subject to hydrolysis) is 1. The molecule has 1 aromatic rings. The Hall–Kier alpha value is -1.84. The third-order valence-electron chi connectivity index (χ3n) is 3.10. The first kappa shape index (κ1) is 21.2. The molecule has 1 rings (SSSR count). The molecule has 0 spiro atoms. The van der Waals surface area contributed by atoms with Crippen LogP contribution in [0, 0.1) is 0 Å². The average Bonchev–Trinajstić information content (AvgIpc) is 2.93. The number of carbonyl (C=O) groups excluding carboxylic acids is 1. The summed E-state index contributed by atoms with van der Waals surface area (Å²) in [5, 5.41) is 23.2. The Morgan fingerprint density at radius 1 is 1.40 bits per heavy atom. The van der Waals surface area contributed by atoms with Gasteiger partial charge in [-0.3, -0.25) is 0 Å². The summed E-state index contributed by atoms with van der Waals surface area (Å²) in [4.78, 5) is 23.0. The SMILES string of the molecule is CCCCn1nnnc1CSCCC(NC(=O)OC(C)(C)C)C(=O)O. The van der Waals surface area contributed by atoms with Gasteiger partial charge >= 0.3 is 12.1 Å². The highest BCUT2D eigenvalue weighted by molar-refractivity contribution is 7.98. The Labute approximate surface area is 151 Å². The quantitative estimate of drug-likeness (QED) is 0.598. The number of carbonyl (C=O) groups is 2. The number of aliphatic carboxylic acids is 1. The maximum atomic E-state index is 11.7. The lowest BCUT2D eigenvalue weighted by Gasteiger charge is -2.21. The van der Waals surface area contributed by atoms with Crippen LogP contribution < -0.4 is 5.32 Å². The Bertz CT molecular complexity index is 558. The van der Waals surface area contributed by atoms with Crippen molar-refractivity contribution in [1.29, 1.82) is 0 Å². The molecule has 0 radical (unpaired) electrons. The smallest absolute Gasteiger partial charge is 0.408 e. The van der Waals surface area contributed by atoms with Gasteiger partial charge in [0.1, 0.15) is 11.6 Å². The van der Waals surface area contributed by atoms with Crippen LogP contribution in [0.15, 0.2) is 0 Å². The number of aryl methyl sites for hydroxylation is 1. The van der Waals surface area contributed by atoms with E-state index >= 15 is 0 Å². The summed E-state index contributed by atoms with van der Waals surface area (Å²) in [5.74, 6) is 0.827. The van der Waals surface area contributed by atoms with Crippen LogP contribution in [-0.4, -0.2) is 54.8 Å². The summed E-state index contributed by atoms with van der Waals surface area (Å²) in [7, 11) is 0. The van der Waals surface area contributed by atoms with E-state index in [4.69, 9.17) is 4.74 Å². The molecule has 1 amide bonds. The molecule has 0 aliphatic heterocycles. The van der Waals surface area contributed by atoms with Crippen molar-refractivity contribution in [3.05, 3.63) is 5.82 Å². The van der Waals surface area contributed by atoms with Gasteiger partial charge in [-0.25, -0.2) is 14.3 Å². The first-order valence-corrected chi connectivity index (χ1v) is 9.43. The van der Waals surface area contributed by atoms with Crippen LogP contribution >= 0.6 is 11.8 Å². The minimum atomic E-state index is -1.08. The van der Waals surface area contributed by atoms with Gasteiger partial charge in [-0.05, 0) is 49.8 Å². The van der Waals surface area contributed by atoms with E-state index in [0.29, 0.717) is 11.5 Å². The van der Waals surface area contributed by atoms with Gasteiger partial charge in [0, 0.05) is 6.54 Å². The zero-order valence-corrected chi connectivity index (χ0v) is 16.0. The van der Waals surface area contributed by atoms with Crippen molar-refractivity contribution in [2.75, 3.05) is 5.75 Å². The van der Waals surface area contributed by atoms with Gasteiger partial charge in [0.25, 0.3) is 0 Å². The first-order valence-electron chi connectivity index (χ1n) is 8.28. The Morgan fingerprint density at radius 3 is 2.72 bits per heavy atom. The molecule has 0 saturated heterocycles. The molecule has 1 unspecified atom stereocenters. The number of tetrazole rings is 1. The van der Waals surface area contributed by atoms with Gasteiger partial charge in [0.2, 0.25) is 0 Å². The molecule has 0 aliphatic carbocycles. The third kappa shape index (κ3) is 8.71. The molecular weight excluding hydrogens is 346 g/mol. The lowest BCUT2D eigenvalue weighted by Crippen LogP contribution is -2.43. The number of amides is 1. The normalized spacial score (nSPS) is 12.6. The second-order valence-electron chi connectivity index (χ2n) is 6.55. The van der Waals surface area contributed by atoms with Gasteiger partial charge in [-0.1, -0.05) is 13.3 Å². The average molecular weight is 373 g/mol. The number of rotatable bonds is 10. The van der Waals surface area contributed by atoms with E-state index in [1.54, 1.807) is 25.5 Å². The van der Waals surface area contributed by atoms with E-state index in [2.05, 4.69) is 27.8 Å². The largest absolute Gasteiger partial charge is 0.480 e. The number of carboxylic acids is 1. The van der Waals surface area contributed by atoms with Gasteiger partial charge in [0.15, 0.2) is 5.82 Å². The Morgan fingerprint density at radius 2 is 2.12 bits per heavy atom. The molecule has 1 aromatic heterocycles. The molecule has 10 heteroatoms. The molecule has 0 saturated carbocycles. The number of aromatic nitrogens is 4. The molecule has 0 fully saturated rings. The van der Waals surface area contributed by atoms with Crippen molar-refractivity contribution in [3.63, 3.8) is 0 Å². The second kappa shape index (κ2) is 10.2. The van der Waals surface area contributed by atoms with Gasteiger partial charge in [0.05, 0.1) is 5.75 Å². The molecule has 0 aromatic carbocycles. The lowest BCUT2D eigenvalue weighted by molar-refractivity contribution is -0.139. The van der Waals surface area contributed by atoms with Crippen LogP contribution in [0.4, 0.5) is 4.79 Å². The molecule has 25 heavy (non-hydrogen) atoms. The summed E-state index contributed by atoms with van der Waals surface area (Å²) in [6.45, 7) is 8.04. The van der Waals surface area contributed by atoms with Crippen LogP contribution in [0.2, 0.25) is 0 Å². The fourth-order valence-corrected chi connectivity index (χ4v) is 2.82. The second-order valence-corrected chi connectivity index (χ2v) is 7.66. The molecule has 2 N–H and O–H groups in total. The molecule has 0 bridgehead atoms. The zero-order valence-electron chi connectivity index (χ0n) is 15.2. The van der Waals surface area contributed by atoms with E-state index in [9.17, 15) is 14.7 Å². The molecule has 1 atom stereocenters. The third-order valence-corrected chi connectivity index (χ3v) is 4.09. The number of ether oxygens (including phenoxy) is 1. The van der Waals surface area contributed by atoms with Crippen LogP contribution in [-0.2, 0) is 21.8 Å². The van der Waals surface area contributed by atoms with Crippen molar-refractivity contribution >= 4 is 23.8 Å². The van der Waals surface area contributed by atoms with Crippen molar-refractivity contribution in [3.8, 4) is 0 Å². The van der Waals surface area contributed by atoms with E-state index < -0.39 is 23.7 Å². The summed E-state index contributed by atoms with van der Waals surface area (Å²) in [6, 6.07) is -0.988. The van der Waals surface area contributed by atoms with Gasteiger partial charge in [-0.15, -0.1) is 5.10 Å². The minimum Gasteiger partial charge on any atom is -0.480 e. The van der Waals surface area contributed by atoms with E-state index in [-0.39, 0.29) is 6.42 Å². The molecule has 0 aliphatic rings. The molecule has 9 nitrogen and oxygen atoms in total. The maximum Gasteiger partial charge on any atom is 0.408 e. The van der Waals surface area contributed by atoms with Gasteiger partial charge in [-0.2, -0.15) is 11.8 Å². The summed E-state index contributed by atoms with van der Waals surface area (Å²) >= 11 is 1.53. The zero-order chi connectivity index (χ0) is 18.9. The van der Waals surface area contributed by atoms with Crippen LogP contribution in [0.25, 0.3) is 0 Å². The summed E-state index contributed by atoms with van der Waals surface area (Å²) in [6.07, 6.45) is 1.62. The number of nitrogens with one attached hydrogen (secondary N) is 1. The van der Waals surface area contributed by atoms with Crippen LogP contribution in [0.5, 0.6) is 0 Å². The van der Waals surface area contributed by atoms with E-state index in [1.165, 1.54) is 11.8 Å². The standard InChI is InChI=1S/C15H27N5O4S/c1-5-6-8-20-12(17-18-19-20)10-25-9-7-11(13(21)22)16-14(23)24-15(2,3)4/h11H,5-10H2,1-4H3,(H,16,23)(H,21,22). The summed E-state index contributed by atoms with van der Waals surface area (Å²) < 4.78 is 6.85. The number of thioether (sulfide) groups is 1. The fourth-order valence-electron chi connectivity index (χ4n) is 1.88. The summed E-state index contributed by atoms with van der Waals surface area (Å²) in [5.41, 5.74) is -0.669. The van der Waals surface area contributed by atoms with Gasteiger partial charge < -0.3 is 15.2 Å². The topological polar surface area (TPSA) is 119 Å². The van der Waals surface area contributed by atoms with Crippen molar-refractivity contribution in [2.24, 2.45) is 0 Å². The highest BCUT2D eigenvalue weighted by atomic mass is 32.2. The van der Waals surface area contributed by atoms with Crippen molar-refractivity contribution < 1.29 is 19.4 Å². The number of unbranched alkanes of at least 4 members (excludes halogenated alkanes) is 1. The highest BCUT2D eigenvalue weighted by Gasteiger charge is 2.23. The number of hydrogen-bond acceptors (Lipinski definition) is 7. The van der Waals surface area contributed by atoms with Crippen LogP contribution in [0.1, 0.15) is 52.8 Å². The number of nitrogens with zero attached hydrogens (tertiary/aromatic N) is 4. The highest BCUT2D eigenvalue weighted by Crippen LogP contribution is 2.13. The number of hydrogen-bond donors (Lipinski definition) is 2. The van der Waals surface area contributed by atoms with Crippen molar-refractivity contribution in [2.45, 2.75) is 70.9 Å². The predicted molar refractivity (Wildman–Crippen MR) is 94.3 cm³/mol. The molecule has 1 heterocycles. The molecular formula is C15H27N5O4S. The van der Waals surface area contributed by atoms with Crippen molar-refractivity contribution in [1.82, 2.24) is 25.5 Å². The predicted octanol–water partition coefficient (Wildman–Crippen LogP) is 2.07.